The van der Waals surface area contributed by atoms with E-state index in [1.165, 1.54) is 31.4 Å². The Kier molecular flexibility index (Phi) is 4.27. The lowest BCUT2D eigenvalue weighted by molar-refractivity contribution is 0.0508. The fraction of sp³-hybridized carbons (Fsp3) is 0.231. The van der Waals surface area contributed by atoms with Gasteiger partial charge in [-0.15, -0.1) is 5.10 Å². The number of halogens is 1. The number of esters is 2. The highest BCUT2D eigenvalue weighted by molar-refractivity contribution is 5.90. The number of rotatable bonds is 4. The normalized spacial score (nSPS) is 10.2. The minimum Gasteiger partial charge on any atom is -0.463 e. The maximum absolute atomic E-state index is 13.0. The van der Waals surface area contributed by atoms with Gasteiger partial charge in [-0.25, -0.2) is 18.7 Å². The number of nitrogens with zero attached hydrogens (tertiary/aromatic N) is 3. The molecule has 0 spiro atoms. The summed E-state index contributed by atoms with van der Waals surface area (Å²) >= 11 is 0. The molecule has 110 valence electrons. The minimum absolute atomic E-state index is 0.142. The fourth-order valence-electron chi connectivity index (χ4n) is 1.58. The van der Waals surface area contributed by atoms with Gasteiger partial charge in [0.15, 0.2) is 0 Å². The average molecular weight is 293 g/mol. The van der Waals surface area contributed by atoms with Crippen LogP contribution >= 0.6 is 0 Å². The van der Waals surface area contributed by atoms with Gasteiger partial charge in [-0.2, -0.15) is 4.98 Å². The molecular formula is C13H12FN3O4. The van der Waals surface area contributed by atoms with Gasteiger partial charge in [-0.05, 0) is 31.2 Å². The third kappa shape index (κ3) is 3.04. The number of hydrogen-bond acceptors (Lipinski definition) is 6. The van der Waals surface area contributed by atoms with Crippen LogP contribution in [-0.4, -0.2) is 40.4 Å². The van der Waals surface area contributed by atoms with Gasteiger partial charge in [0.1, 0.15) is 5.82 Å². The molecular weight excluding hydrogens is 281 g/mol. The second-order valence-corrected chi connectivity index (χ2v) is 3.86. The summed E-state index contributed by atoms with van der Waals surface area (Å²) in [5.74, 6) is -2.45. The van der Waals surface area contributed by atoms with E-state index in [-0.39, 0.29) is 18.3 Å². The Bertz CT molecular complexity index is 667. The second kappa shape index (κ2) is 6.12. The van der Waals surface area contributed by atoms with Crippen molar-refractivity contribution >= 4 is 11.9 Å². The topological polar surface area (TPSA) is 83.3 Å². The Hall–Kier alpha value is -2.77. The summed E-state index contributed by atoms with van der Waals surface area (Å²) < 4.78 is 23.4. The van der Waals surface area contributed by atoms with Crippen molar-refractivity contribution in [2.45, 2.75) is 6.92 Å². The number of carbonyl (C=O) groups is 2. The van der Waals surface area contributed by atoms with Crippen molar-refractivity contribution in [2.24, 2.45) is 0 Å². The van der Waals surface area contributed by atoms with Crippen LogP contribution in [-0.2, 0) is 9.47 Å². The molecule has 21 heavy (non-hydrogen) atoms. The number of benzene rings is 1. The zero-order valence-electron chi connectivity index (χ0n) is 11.4. The van der Waals surface area contributed by atoms with E-state index in [0.717, 1.165) is 4.68 Å². The van der Waals surface area contributed by atoms with Crippen LogP contribution in [0.1, 0.15) is 28.2 Å². The van der Waals surface area contributed by atoms with Gasteiger partial charge < -0.3 is 9.47 Å². The lowest BCUT2D eigenvalue weighted by Crippen LogP contribution is -2.13. The third-order valence-corrected chi connectivity index (χ3v) is 2.50. The molecule has 1 aromatic heterocycles. The molecule has 0 unspecified atom stereocenters. The van der Waals surface area contributed by atoms with E-state index in [1.807, 2.05) is 0 Å². The summed E-state index contributed by atoms with van der Waals surface area (Å²) in [4.78, 5) is 27.1. The lowest BCUT2D eigenvalue weighted by atomic mass is 10.3. The van der Waals surface area contributed by atoms with Gasteiger partial charge in [-0.1, -0.05) is 0 Å². The van der Waals surface area contributed by atoms with Crippen LogP contribution < -0.4 is 0 Å². The van der Waals surface area contributed by atoms with Gasteiger partial charge in [0.25, 0.3) is 5.82 Å². The van der Waals surface area contributed by atoms with E-state index in [0.29, 0.717) is 5.69 Å². The Morgan fingerprint density at radius 3 is 2.48 bits per heavy atom. The number of hydrogen-bond donors (Lipinski definition) is 0. The molecule has 8 heteroatoms. The molecule has 0 saturated carbocycles. The van der Waals surface area contributed by atoms with Crippen LogP contribution in [0.25, 0.3) is 5.69 Å². The lowest BCUT2D eigenvalue weighted by Gasteiger charge is -2.04. The molecule has 1 aromatic carbocycles. The van der Waals surface area contributed by atoms with Crippen molar-refractivity contribution in [1.82, 2.24) is 14.8 Å². The molecule has 0 fully saturated rings. The number of ether oxygens (including phenoxy) is 2. The summed E-state index contributed by atoms with van der Waals surface area (Å²) in [5, 5.41) is 3.89. The predicted molar refractivity (Wildman–Crippen MR) is 68.6 cm³/mol. The molecule has 0 bridgehead atoms. The van der Waals surface area contributed by atoms with Crippen LogP contribution in [0.2, 0.25) is 0 Å². The standard InChI is InChI=1S/C13H12FN3O4/c1-3-21-13(19)11-15-10(12(18)20-2)16-17(11)9-6-4-8(14)5-7-9/h4-7H,3H2,1-2H3. The zero-order valence-corrected chi connectivity index (χ0v) is 11.4. The van der Waals surface area contributed by atoms with Crippen LogP contribution in [0, 0.1) is 5.82 Å². The molecule has 0 saturated heterocycles. The van der Waals surface area contributed by atoms with E-state index in [1.54, 1.807) is 6.92 Å². The van der Waals surface area contributed by atoms with Crippen LogP contribution in [0.3, 0.4) is 0 Å². The SMILES string of the molecule is CCOC(=O)c1nc(C(=O)OC)nn1-c1ccc(F)cc1. The Morgan fingerprint density at radius 2 is 1.90 bits per heavy atom. The molecule has 0 N–H and O–H groups in total. The van der Waals surface area contributed by atoms with E-state index >= 15 is 0 Å². The maximum atomic E-state index is 13.0. The first kappa shape index (κ1) is 14.6. The average Bonchev–Trinajstić information content (AvgIpc) is 2.92. The summed E-state index contributed by atoms with van der Waals surface area (Å²) in [6, 6.07) is 5.19. The highest BCUT2D eigenvalue weighted by atomic mass is 19.1. The van der Waals surface area contributed by atoms with Crippen LogP contribution in [0.4, 0.5) is 4.39 Å². The molecule has 7 nitrogen and oxygen atoms in total. The van der Waals surface area contributed by atoms with E-state index in [9.17, 15) is 14.0 Å². The largest absolute Gasteiger partial charge is 0.463 e. The summed E-state index contributed by atoms with van der Waals surface area (Å²) in [6.45, 7) is 1.78. The maximum Gasteiger partial charge on any atom is 0.377 e. The molecule has 0 amide bonds. The number of carbonyl (C=O) groups excluding carboxylic acids is 2. The fourth-order valence-corrected chi connectivity index (χ4v) is 1.58. The van der Waals surface area contributed by atoms with Gasteiger partial charge in [0.05, 0.1) is 19.4 Å². The van der Waals surface area contributed by atoms with Gasteiger partial charge >= 0.3 is 11.9 Å². The predicted octanol–water partition coefficient (Wildman–Crippen LogP) is 1.37. The van der Waals surface area contributed by atoms with E-state index in [2.05, 4.69) is 14.8 Å². The summed E-state index contributed by atoms with van der Waals surface area (Å²) in [7, 11) is 1.17. The molecule has 0 radical (unpaired) electrons. The van der Waals surface area contributed by atoms with Crippen LogP contribution in [0.5, 0.6) is 0 Å². The van der Waals surface area contributed by atoms with Crippen molar-refractivity contribution in [1.29, 1.82) is 0 Å². The Labute approximate surface area is 119 Å². The Morgan fingerprint density at radius 1 is 1.24 bits per heavy atom. The van der Waals surface area contributed by atoms with Gasteiger partial charge in [0.2, 0.25) is 5.82 Å². The second-order valence-electron chi connectivity index (χ2n) is 3.86. The molecule has 2 aromatic rings. The zero-order chi connectivity index (χ0) is 15.4. The van der Waals surface area contributed by atoms with Crippen molar-refractivity contribution in [3.63, 3.8) is 0 Å². The first-order valence-electron chi connectivity index (χ1n) is 6.05. The molecule has 0 atom stereocenters. The molecule has 0 aliphatic rings. The van der Waals surface area contributed by atoms with Crippen molar-refractivity contribution in [2.75, 3.05) is 13.7 Å². The van der Waals surface area contributed by atoms with Crippen molar-refractivity contribution < 1.29 is 23.5 Å². The smallest absolute Gasteiger partial charge is 0.377 e. The number of methoxy groups -OCH3 is 1. The van der Waals surface area contributed by atoms with Crippen LogP contribution in [0.15, 0.2) is 24.3 Å². The molecule has 2 rings (SSSR count). The van der Waals surface area contributed by atoms with Gasteiger partial charge in [0, 0.05) is 0 Å². The van der Waals surface area contributed by atoms with E-state index < -0.39 is 17.8 Å². The highest BCUT2D eigenvalue weighted by Crippen LogP contribution is 2.12. The summed E-state index contributed by atoms with van der Waals surface area (Å²) in [5.41, 5.74) is 0.363. The molecule has 1 heterocycles. The van der Waals surface area contributed by atoms with E-state index in [4.69, 9.17) is 4.74 Å². The summed E-state index contributed by atoms with van der Waals surface area (Å²) in [6.07, 6.45) is 0. The van der Waals surface area contributed by atoms with Crippen molar-refractivity contribution in [3.8, 4) is 5.69 Å². The molecule has 0 aliphatic heterocycles. The number of aromatic nitrogens is 3. The first-order chi connectivity index (χ1) is 10.1. The first-order valence-corrected chi connectivity index (χ1v) is 6.05. The monoisotopic (exact) mass is 293 g/mol. The quantitative estimate of drug-likeness (QED) is 0.792. The highest BCUT2D eigenvalue weighted by Gasteiger charge is 2.23. The van der Waals surface area contributed by atoms with Crippen molar-refractivity contribution in [3.05, 3.63) is 41.7 Å². The van der Waals surface area contributed by atoms with Gasteiger partial charge in [-0.3, -0.25) is 0 Å². The third-order valence-electron chi connectivity index (χ3n) is 2.50. The Balaban J connectivity index is 2.51. The minimum atomic E-state index is -0.790. The molecule has 0 aliphatic carbocycles.